The zero-order valence-corrected chi connectivity index (χ0v) is 10.7. The predicted molar refractivity (Wildman–Crippen MR) is 65.5 cm³/mol. The Labute approximate surface area is 98.0 Å². The quantitative estimate of drug-likeness (QED) is 0.720. The normalized spacial score (nSPS) is 15.3. The first-order chi connectivity index (χ1) is 7.61. The van der Waals surface area contributed by atoms with Gasteiger partial charge in [-0.3, -0.25) is 4.68 Å². The van der Waals surface area contributed by atoms with Gasteiger partial charge in [0, 0.05) is 25.0 Å². The Balaban J connectivity index is 2.22. The van der Waals surface area contributed by atoms with Gasteiger partial charge < -0.3 is 10.1 Å². The smallest absolute Gasteiger partial charge is 0.0641 e. The lowest BCUT2D eigenvalue weighted by molar-refractivity contribution is 0.0786. The molecule has 16 heavy (non-hydrogen) atoms. The van der Waals surface area contributed by atoms with Crippen LogP contribution in [-0.2, 0) is 4.74 Å². The van der Waals surface area contributed by atoms with Crippen molar-refractivity contribution in [1.29, 1.82) is 0 Å². The number of hydrogen-bond acceptors (Lipinski definition) is 3. The minimum Gasteiger partial charge on any atom is -0.377 e. The van der Waals surface area contributed by atoms with Gasteiger partial charge in [-0.15, -0.1) is 0 Å². The van der Waals surface area contributed by atoms with Crippen LogP contribution in [0.15, 0.2) is 18.5 Å². The largest absolute Gasteiger partial charge is 0.377 e. The molecular weight excluding hydrogens is 202 g/mol. The van der Waals surface area contributed by atoms with Crippen LogP contribution in [0.2, 0.25) is 0 Å². The summed E-state index contributed by atoms with van der Waals surface area (Å²) in [6.07, 6.45) is 4.11. The van der Waals surface area contributed by atoms with Crippen LogP contribution in [0.5, 0.6) is 0 Å². The van der Waals surface area contributed by atoms with Crippen molar-refractivity contribution >= 4 is 0 Å². The summed E-state index contributed by atoms with van der Waals surface area (Å²) in [6, 6.07) is 2.69. The van der Waals surface area contributed by atoms with Crippen LogP contribution < -0.4 is 5.32 Å². The van der Waals surface area contributed by atoms with E-state index in [9.17, 15) is 0 Å². The monoisotopic (exact) mass is 225 g/mol. The van der Waals surface area contributed by atoms with Crippen molar-refractivity contribution in [2.75, 3.05) is 13.2 Å². The fourth-order valence-electron chi connectivity index (χ4n) is 1.50. The summed E-state index contributed by atoms with van der Waals surface area (Å²) in [5.41, 5.74) is 0. The van der Waals surface area contributed by atoms with Crippen molar-refractivity contribution in [2.24, 2.45) is 0 Å². The number of nitrogens with zero attached hydrogens (tertiary/aromatic N) is 2. The molecule has 1 N–H and O–H groups in total. The molecule has 4 heteroatoms. The van der Waals surface area contributed by atoms with Crippen molar-refractivity contribution in [3.8, 4) is 0 Å². The maximum absolute atomic E-state index is 5.48. The Bertz CT molecular complexity index is 272. The first kappa shape index (κ1) is 13.2. The third kappa shape index (κ3) is 4.33. The second-order valence-electron chi connectivity index (χ2n) is 4.39. The molecule has 1 aromatic heterocycles. The topological polar surface area (TPSA) is 39.1 Å². The van der Waals surface area contributed by atoms with Gasteiger partial charge in [0.15, 0.2) is 0 Å². The van der Waals surface area contributed by atoms with E-state index in [1.807, 2.05) is 23.1 Å². The molecule has 0 radical (unpaired) electrons. The van der Waals surface area contributed by atoms with E-state index in [1.165, 1.54) is 0 Å². The van der Waals surface area contributed by atoms with E-state index in [2.05, 4.69) is 38.1 Å². The molecule has 92 valence electrons. The van der Waals surface area contributed by atoms with Crippen LogP contribution in [0, 0.1) is 0 Å². The number of hydrogen-bond donors (Lipinski definition) is 1. The van der Waals surface area contributed by atoms with Crippen molar-refractivity contribution in [3.05, 3.63) is 18.5 Å². The Morgan fingerprint density at radius 1 is 1.31 bits per heavy atom. The lowest BCUT2D eigenvalue weighted by Gasteiger charge is -2.22. The lowest BCUT2D eigenvalue weighted by atomic mass is 10.2. The molecule has 0 saturated heterocycles. The highest BCUT2D eigenvalue weighted by Gasteiger charge is 2.12. The average molecular weight is 225 g/mol. The number of nitrogens with one attached hydrogen (secondary N) is 1. The minimum atomic E-state index is 0.306. The van der Waals surface area contributed by atoms with E-state index >= 15 is 0 Å². The average Bonchev–Trinajstić information content (AvgIpc) is 2.76. The van der Waals surface area contributed by atoms with Crippen molar-refractivity contribution < 1.29 is 4.74 Å². The van der Waals surface area contributed by atoms with E-state index in [1.54, 1.807) is 0 Å². The van der Waals surface area contributed by atoms with Gasteiger partial charge in [0.05, 0.1) is 18.8 Å². The Morgan fingerprint density at radius 2 is 2.06 bits per heavy atom. The van der Waals surface area contributed by atoms with Crippen LogP contribution in [0.25, 0.3) is 0 Å². The van der Waals surface area contributed by atoms with Crippen molar-refractivity contribution in [3.63, 3.8) is 0 Å². The number of rotatable bonds is 7. The van der Waals surface area contributed by atoms with E-state index in [4.69, 9.17) is 4.74 Å². The third-order valence-corrected chi connectivity index (χ3v) is 2.69. The van der Waals surface area contributed by atoms with Gasteiger partial charge in [-0.1, -0.05) is 0 Å². The summed E-state index contributed by atoms with van der Waals surface area (Å²) in [5, 5.41) is 7.68. The first-order valence-corrected chi connectivity index (χ1v) is 5.95. The second kappa shape index (κ2) is 6.66. The molecule has 0 aliphatic carbocycles. The second-order valence-corrected chi connectivity index (χ2v) is 4.39. The molecular formula is C12H23N3O. The molecule has 0 spiro atoms. The molecule has 1 heterocycles. The van der Waals surface area contributed by atoms with Gasteiger partial charge in [0.25, 0.3) is 0 Å². The van der Waals surface area contributed by atoms with Crippen LogP contribution in [0.4, 0.5) is 0 Å². The first-order valence-electron chi connectivity index (χ1n) is 5.95. The predicted octanol–water partition coefficient (Wildman–Crippen LogP) is 1.85. The van der Waals surface area contributed by atoms with Crippen LogP contribution >= 0.6 is 0 Å². The van der Waals surface area contributed by atoms with E-state index in [-0.39, 0.29) is 0 Å². The van der Waals surface area contributed by atoms with Crippen LogP contribution in [-0.4, -0.2) is 35.1 Å². The molecule has 4 nitrogen and oxygen atoms in total. The van der Waals surface area contributed by atoms with Crippen molar-refractivity contribution in [2.45, 2.75) is 45.9 Å². The molecule has 1 rings (SSSR count). The molecule has 0 aliphatic rings. The molecule has 0 aromatic carbocycles. The van der Waals surface area contributed by atoms with Gasteiger partial charge in [-0.25, -0.2) is 0 Å². The van der Waals surface area contributed by atoms with E-state index < -0.39 is 0 Å². The summed E-state index contributed by atoms with van der Waals surface area (Å²) in [5.74, 6) is 0. The summed E-state index contributed by atoms with van der Waals surface area (Å²) in [6.45, 7) is 10.1. The molecule has 2 atom stereocenters. The van der Waals surface area contributed by atoms with E-state index in [0.29, 0.717) is 18.2 Å². The van der Waals surface area contributed by atoms with Gasteiger partial charge in [-0.2, -0.15) is 5.10 Å². The number of ether oxygens (including phenoxy) is 1. The zero-order chi connectivity index (χ0) is 12.0. The van der Waals surface area contributed by atoms with Gasteiger partial charge in [0.1, 0.15) is 0 Å². The third-order valence-electron chi connectivity index (χ3n) is 2.69. The maximum atomic E-state index is 5.48. The van der Waals surface area contributed by atoms with Crippen LogP contribution in [0.3, 0.4) is 0 Å². The molecule has 2 unspecified atom stereocenters. The molecule has 0 fully saturated rings. The Hall–Kier alpha value is -0.870. The Kier molecular flexibility index (Phi) is 5.49. The highest BCUT2D eigenvalue weighted by molar-refractivity contribution is 4.83. The molecule has 0 amide bonds. The van der Waals surface area contributed by atoms with Crippen LogP contribution in [0.1, 0.15) is 33.7 Å². The summed E-state index contributed by atoms with van der Waals surface area (Å²) in [4.78, 5) is 0. The van der Waals surface area contributed by atoms with E-state index in [0.717, 1.165) is 13.2 Å². The fourth-order valence-corrected chi connectivity index (χ4v) is 1.50. The SMILES string of the molecule is CC(C)OCCNC(C)C(C)n1cccn1. The maximum Gasteiger partial charge on any atom is 0.0641 e. The zero-order valence-electron chi connectivity index (χ0n) is 10.7. The molecule has 1 aromatic rings. The minimum absolute atomic E-state index is 0.306. The van der Waals surface area contributed by atoms with Gasteiger partial charge in [-0.05, 0) is 33.8 Å². The molecule has 0 aliphatic heterocycles. The fraction of sp³-hybridized carbons (Fsp3) is 0.750. The summed E-state index contributed by atoms with van der Waals surface area (Å²) in [7, 11) is 0. The highest BCUT2D eigenvalue weighted by atomic mass is 16.5. The Morgan fingerprint density at radius 3 is 2.62 bits per heavy atom. The number of aromatic nitrogens is 2. The standard InChI is InChI=1S/C12H23N3O/c1-10(2)16-9-7-13-11(3)12(4)15-8-5-6-14-15/h5-6,8,10-13H,7,9H2,1-4H3. The summed E-state index contributed by atoms with van der Waals surface area (Å²) < 4.78 is 7.45. The highest BCUT2D eigenvalue weighted by Crippen LogP contribution is 2.08. The van der Waals surface area contributed by atoms with Crippen molar-refractivity contribution in [1.82, 2.24) is 15.1 Å². The molecule has 0 saturated carbocycles. The lowest BCUT2D eigenvalue weighted by Crippen LogP contribution is -2.36. The van der Waals surface area contributed by atoms with Gasteiger partial charge in [0.2, 0.25) is 0 Å². The summed E-state index contributed by atoms with van der Waals surface area (Å²) >= 11 is 0. The van der Waals surface area contributed by atoms with Gasteiger partial charge >= 0.3 is 0 Å². The molecule has 0 bridgehead atoms.